The first-order valence-electron chi connectivity index (χ1n) is 8.16. The molecule has 0 aliphatic carbocycles. The SMILES string of the molecule is CCCNC(C(C)CC)C1CCOC2(CCSC2)C1. The van der Waals surface area contributed by atoms with E-state index in [4.69, 9.17) is 4.74 Å². The quantitative estimate of drug-likeness (QED) is 0.804. The lowest BCUT2D eigenvalue weighted by Crippen LogP contribution is -2.49. The Hall–Kier alpha value is 0.270. The van der Waals surface area contributed by atoms with Crippen LogP contribution in [0.25, 0.3) is 0 Å². The Balaban J connectivity index is 1.99. The molecule has 2 rings (SSSR count). The van der Waals surface area contributed by atoms with Crippen LogP contribution < -0.4 is 5.32 Å². The highest BCUT2D eigenvalue weighted by molar-refractivity contribution is 7.99. The Morgan fingerprint density at radius 1 is 1.42 bits per heavy atom. The molecule has 2 aliphatic rings. The number of ether oxygens (including phenoxy) is 1. The van der Waals surface area contributed by atoms with Crippen LogP contribution in [0, 0.1) is 11.8 Å². The van der Waals surface area contributed by atoms with Crippen molar-refractivity contribution < 1.29 is 4.74 Å². The predicted molar refractivity (Wildman–Crippen MR) is 84.9 cm³/mol. The summed E-state index contributed by atoms with van der Waals surface area (Å²) in [6.45, 7) is 9.14. The van der Waals surface area contributed by atoms with E-state index in [0.29, 0.717) is 6.04 Å². The van der Waals surface area contributed by atoms with E-state index < -0.39 is 0 Å². The van der Waals surface area contributed by atoms with Gasteiger partial charge in [0.2, 0.25) is 0 Å². The summed E-state index contributed by atoms with van der Waals surface area (Å²) in [7, 11) is 0. The summed E-state index contributed by atoms with van der Waals surface area (Å²) in [5, 5.41) is 3.83. The molecule has 2 saturated heterocycles. The van der Waals surface area contributed by atoms with Gasteiger partial charge in [0, 0.05) is 18.4 Å². The molecule has 19 heavy (non-hydrogen) atoms. The van der Waals surface area contributed by atoms with Crippen molar-refractivity contribution in [2.45, 2.75) is 64.5 Å². The van der Waals surface area contributed by atoms with Crippen molar-refractivity contribution in [3.05, 3.63) is 0 Å². The van der Waals surface area contributed by atoms with Gasteiger partial charge in [0.1, 0.15) is 0 Å². The van der Waals surface area contributed by atoms with E-state index in [0.717, 1.165) is 25.0 Å². The molecule has 2 aliphatic heterocycles. The number of rotatable bonds is 6. The highest BCUT2D eigenvalue weighted by Crippen LogP contribution is 2.42. The first kappa shape index (κ1) is 15.7. The van der Waals surface area contributed by atoms with Gasteiger partial charge in [-0.3, -0.25) is 0 Å². The van der Waals surface area contributed by atoms with E-state index in [-0.39, 0.29) is 5.60 Å². The predicted octanol–water partition coefficient (Wildman–Crippen LogP) is 3.70. The molecule has 0 aromatic carbocycles. The zero-order valence-corrected chi connectivity index (χ0v) is 13.7. The summed E-state index contributed by atoms with van der Waals surface area (Å²) in [5.74, 6) is 4.11. The molecule has 4 unspecified atom stereocenters. The number of nitrogens with one attached hydrogen (secondary N) is 1. The summed E-state index contributed by atoms with van der Waals surface area (Å²) >= 11 is 2.08. The fourth-order valence-corrected chi connectivity index (χ4v) is 5.01. The average molecular weight is 285 g/mol. The second-order valence-corrected chi connectivity index (χ2v) is 7.56. The van der Waals surface area contributed by atoms with Gasteiger partial charge in [-0.05, 0) is 49.8 Å². The van der Waals surface area contributed by atoms with Crippen LogP contribution in [-0.2, 0) is 4.74 Å². The normalized spacial score (nSPS) is 34.6. The fourth-order valence-electron chi connectivity index (χ4n) is 3.63. The molecule has 2 fully saturated rings. The first-order valence-corrected chi connectivity index (χ1v) is 9.31. The van der Waals surface area contributed by atoms with Gasteiger partial charge in [-0.2, -0.15) is 11.8 Å². The highest BCUT2D eigenvalue weighted by atomic mass is 32.2. The molecule has 4 atom stereocenters. The largest absolute Gasteiger partial charge is 0.374 e. The fraction of sp³-hybridized carbons (Fsp3) is 1.00. The molecule has 0 aromatic heterocycles. The Labute approximate surface area is 123 Å². The minimum absolute atomic E-state index is 0.229. The maximum Gasteiger partial charge on any atom is 0.0783 e. The summed E-state index contributed by atoms with van der Waals surface area (Å²) in [6, 6.07) is 0.691. The lowest BCUT2D eigenvalue weighted by molar-refractivity contribution is -0.0880. The molecule has 1 N–H and O–H groups in total. The zero-order valence-electron chi connectivity index (χ0n) is 12.9. The van der Waals surface area contributed by atoms with Crippen LogP contribution in [0.3, 0.4) is 0 Å². The van der Waals surface area contributed by atoms with E-state index >= 15 is 0 Å². The number of hydrogen-bond acceptors (Lipinski definition) is 3. The second-order valence-electron chi connectivity index (χ2n) is 6.45. The van der Waals surface area contributed by atoms with Gasteiger partial charge in [-0.15, -0.1) is 0 Å². The molecule has 0 amide bonds. The van der Waals surface area contributed by atoms with Crippen molar-refractivity contribution in [3.8, 4) is 0 Å². The Kier molecular flexibility index (Phi) is 6.04. The van der Waals surface area contributed by atoms with Gasteiger partial charge in [-0.25, -0.2) is 0 Å². The lowest BCUT2D eigenvalue weighted by Gasteiger charge is -2.43. The van der Waals surface area contributed by atoms with Crippen LogP contribution in [0.15, 0.2) is 0 Å². The zero-order chi connectivity index (χ0) is 13.7. The summed E-state index contributed by atoms with van der Waals surface area (Å²) in [6.07, 6.45) is 6.32. The molecule has 2 nitrogen and oxygen atoms in total. The highest BCUT2D eigenvalue weighted by Gasteiger charge is 2.43. The monoisotopic (exact) mass is 285 g/mol. The van der Waals surface area contributed by atoms with Crippen molar-refractivity contribution in [1.29, 1.82) is 0 Å². The Morgan fingerprint density at radius 3 is 2.89 bits per heavy atom. The third kappa shape index (κ3) is 3.89. The first-order chi connectivity index (χ1) is 9.21. The van der Waals surface area contributed by atoms with Crippen LogP contribution in [0.1, 0.15) is 52.9 Å². The van der Waals surface area contributed by atoms with Crippen LogP contribution in [-0.4, -0.2) is 36.3 Å². The number of thioether (sulfide) groups is 1. The second kappa shape index (κ2) is 7.33. The summed E-state index contributed by atoms with van der Waals surface area (Å²) in [4.78, 5) is 0. The van der Waals surface area contributed by atoms with Gasteiger partial charge in [-0.1, -0.05) is 27.2 Å². The molecule has 112 valence electrons. The van der Waals surface area contributed by atoms with Gasteiger partial charge in [0.05, 0.1) is 5.60 Å². The standard InChI is InChI=1S/C16H31NOS/c1-4-8-17-15(13(3)5-2)14-6-9-18-16(11-14)7-10-19-12-16/h13-15,17H,4-12H2,1-3H3. The molecular formula is C16H31NOS. The average Bonchev–Trinajstić information content (AvgIpc) is 2.87. The van der Waals surface area contributed by atoms with Crippen LogP contribution in [0.2, 0.25) is 0 Å². The molecule has 3 heteroatoms. The molecule has 0 saturated carbocycles. The third-order valence-electron chi connectivity index (χ3n) is 4.99. The minimum Gasteiger partial charge on any atom is -0.374 e. The van der Waals surface area contributed by atoms with E-state index in [2.05, 4.69) is 37.8 Å². The Morgan fingerprint density at radius 2 is 2.26 bits per heavy atom. The maximum absolute atomic E-state index is 6.18. The van der Waals surface area contributed by atoms with Gasteiger partial charge in [0.15, 0.2) is 0 Å². The Bertz CT molecular complexity index is 265. The van der Waals surface area contributed by atoms with Gasteiger partial charge >= 0.3 is 0 Å². The molecule has 0 aromatic rings. The summed E-state index contributed by atoms with van der Waals surface area (Å²) in [5.41, 5.74) is 0.229. The van der Waals surface area contributed by atoms with Crippen LogP contribution in [0.5, 0.6) is 0 Å². The number of hydrogen-bond donors (Lipinski definition) is 1. The van der Waals surface area contributed by atoms with E-state index in [1.165, 1.54) is 43.6 Å². The summed E-state index contributed by atoms with van der Waals surface area (Å²) < 4.78 is 6.18. The smallest absolute Gasteiger partial charge is 0.0783 e. The van der Waals surface area contributed by atoms with Crippen LogP contribution >= 0.6 is 11.8 Å². The molecule has 0 bridgehead atoms. The van der Waals surface area contributed by atoms with Crippen molar-refractivity contribution in [2.24, 2.45) is 11.8 Å². The van der Waals surface area contributed by atoms with Crippen LogP contribution in [0.4, 0.5) is 0 Å². The van der Waals surface area contributed by atoms with Crippen molar-refractivity contribution >= 4 is 11.8 Å². The van der Waals surface area contributed by atoms with E-state index in [1.807, 2.05) is 0 Å². The van der Waals surface area contributed by atoms with E-state index in [9.17, 15) is 0 Å². The van der Waals surface area contributed by atoms with Gasteiger partial charge < -0.3 is 10.1 Å². The van der Waals surface area contributed by atoms with Crippen molar-refractivity contribution in [1.82, 2.24) is 5.32 Å². The minimum atomic E-state index is 0.229. The molecule has 2 heterocycles. The van der Waals surface area contributed by atoms with E-state index in [1.54, 1.807) is 0 Å². The topological polar surface area (TPSA) is 21.3 Å². The van der Waals surface area contributed by atoms with Crippen molar-refractivity contribution in [3.63, 3.8) is 0 Å². The molecule has 1 spiro atoms. The van der Waals surface area contributed by atoms with Crippen molar-refractivity contribution in [2.75, 3.05) is 24.7 Å². The molecule has 0 radical (unpaired) electrons. The maximum atomic E-state index is 6.18. The molecular weight excluding hydrogens is 254 g/mol. The van der Waals surface area contributed by atoms with Gasteiger partial charge in [0.25, 0.3) is 0 Å². The lowest BCUT2D eigenvalue weighted by atomic mass is 9.77. The third-order valence-corrected chi connectivity index (χ3v) is 6.22.